The van der Waals surface area contributed by atoms with Crippen molar-refractivity contribution in [3.8, 4) is 0 Å². The quantitative estimate of drug-likeness (QED) is 0.838. The first-order valence-electron chi connectivity index (χ1n) is 6.18. The molecule has 0 spiro atoms. The highest BCUT2D eigenvalue weighted by atomic mass is 32.2. The highest BCUT2D eigenvalue weighted by Gasteiger charge is 2.48. The van der Waals surface area contributed by atoms with Crippen molar-refractivity contribution in [2.24, 2.45) is 0 Å². The van der Waals surface area contributed by atoms with Crippen molar-refractivity contribution in [2.75, 3.05) is 5.73 Å². The van der Waals surface area contributed by atoms with Gasteiger partial charge in [0.25, 0.3) is 0 Å². The van der Waals surface area contributed by atoms with E-state index in [0.29, 0.717) is 5.69 Å². The molecule has 0 radical (unpaired) electrons. The number of ether oxygens (including phenoxy) is 1. The zero-order valence-electron chi connectivity index (χ0n) is 11.4. The van der Waals surface area contributed by atoms with Crippen LogP contribution < -0.4 is 5.73 Å². The summed E-state index contributed by atoms with van der Waals surface area (Å²) in [7, 11) is -1.06. The molecule has 100 valence electrons. The van der Waals surface area contributed by atoms with Crippen LogP contribution in [0.15, 0.2) is 29.2 Å². The van der Waals surface area contributed by atoms with E-state index in [2.05, 4.69) is 13.8 Å². The van der Waals surface area contributed by atoms with Gasteiger partial charge in [0.1, 0.15) is 0 Å². The Morgan fingerprint density at radius 3 is 2.22 bits per heavy atom. The Bertz CT molecular complexity index is 465. The van der Waals surface area contributed by atoms with Crippen LogP contribution in [0.4, 0.5) is 5.69 Å². The third-order valence-electron chi connectivity index (χ3n) is 3.36. The van der Waals surface area contributed by atoms with Gasteiger partial charge in [-0.05, 0) is 58.4 Å². The van der Waals surface area contributed by atoms with E-state index in [1.165, 1.54) is 0 Å². The molecule has 4 heteroatoms. The number of rotatable bonds is 2. The second kappa shape index (κ2) is 4.35. The maximum Gasteiger partial charge on any atom is 0.0781 e. The van der Waals surface area contributed by atoms with E-state index in [4.69, 9.17) is 10.5 Å². The molecule has 1 aliphatic rings. The standard InChI is InChI=1S/C14H21NO2S/c1-13(2)9-12(14(3,4)17-13)18(16)11-7-5-10(15)6-8-11/h5-8,12H,9,15H2,1-4H3. The first-order valence-corrected chi connectivity index (χ1v) is 7.39. The highest BCUT2D eigenvalue weighted by molar-refractivity contribution is 7.85. The van der Waals surface area contributed by atoms with Gasteiger partial charge in [-0.15, -0.1) is 0 Å². The Balaban J connectivity index is 2.27. The molecule has 2 N–H and O–H groups in total. The molecule has 1 fully saturated rings. The van der Waals surface area contributed by atoms with Gasteiger partial charge in [0.05, 0.1) is 27.3 Å². The molecule has 0 saturated carbocycles. The van der Waals surface area contributed by atoms with Crippen LogP contribution in [0.25, 0.3) is 0 Å². The zero-order chi connectivity index (χ0) is 13.6. The van der Waals surface area contributed by atoms with Gasteiger partial charge in [0.15, 0.2) is 0 Å². The number of hydrogen-bond acceptors (Lipinski definition) is 3. The van der Waals surface area contributed by atoms with Gasteiger partial charge in [-0.2, -0.15) is 0 Å². The summed E-state index contributed by atoms with van der Waals surface area (Å²) in [4.78, 5) is 0.823. The predicted octanol–water partition coefficient (Wildman–Crippen LogP) is 2.72. The number of benzene rings is 1. The summed E-state index contributed by atoms with van der Waals surface area (Å²) in [6.45, 7) is 8.13. The van der Waals surface area contributed by atoms with Crippen molar-refractivity contribution in [3.05, 3.63) is 24.3 Å². The van der Waals surface area contributed by atoms with Crippen LogP contribution >= 0.6 is 0 Å². The number of nitrogen functional groups attached to an aromatic ring is 1. The zero-order valence-corrected chi connectivity index (χ0v) is 12.2. The maximum atomic E-state index is 12.7. The van der Waals surface area contributed by atoms with Gasteiger partial charge in [0, 0.05) is 10.6 Å². The molecule has 3 nitrogen and oxygen atoms in total. The van der Waals surface area contributed by atoms with Crippen molar-refractivity contribution < 1.29 is 8.95 Å². The Hall–Kier alpha value is -0.870. The first-order chi connectivity index (χ1) is 8.21. The van der Waals surface area contributed by atoms with Crippen LogP contribution in [0, 0.1) is 0 Å². The van der Waals surface area contributed by atoms with Crippen molar-refractivity contribution in [1.29, 1.82) is 0 Å². The Labute approximate surface area is 111 Å². The number of anilines is 1. The van der Waals surface area contributed by atoms with Gasteiger partial charge in [-0.25, -0.2) is 0 Å². The number of hydrogen-bond donors (Lipinski definition) is 1. The van der Waals surface area contributed by atoms with Crippen molar-refractivity contribution >= 4 is 16.5 Å². The summed E-state index contributed by atoms with van der Waals surface area (Å²) in [5, 5.41) is 0.0103. The van der Waals surface area contributed by atoms with Crippen molar-refractivity contribution in [2.45, 2.75) is 55.5 Å². The number of nitrogens with two attached hydrogens (primary N) is 1. The minimum absolute atomic E-state index is 0.0103. The lowest BCUT2D eigenvalue weighted by Crippen LogP contribution is -2.35. The van der Waals surface area contributed by atoms with Gasteiger partial charge in [-0.3, -0.25) is 4.21 Å². The average Bonchev–Trinajstić information content (AvgIpc) is 2.47. The third kappa shape index (κ3) is 2.59. The minimum atomic E-state index is -1.06. The summed E-state index contributed by atoms with van der Waals surface area (Å²) in [6.07, 6.45) is 0.803. The van der Waals surface area contributed by atoms with E-state index >= 15 is 0 Å². The molecule has 2 rings (SSSR count). The molecule has 0 aliphatic carbocycles. The topological polar surface area (TPSA) is 52.3 Å². The molecule has 0 amide bonds. The first kappa shape index (κ1) is 13.6. The van der Waals surface area contributed by atoms with E-state index in [1.54, 1.807) is 12.1 Å². The van der Waals surface area contributed by atoms with E-state index in [0.717, 1.165) is 11.3 Å². The van der Waals surface area contributed by atoms with Crippen LogP contribution in [-0.4, -0.2) is 20.7 Å². The minimum Gasteiger partial charge on any atom is -0.399 e. The lowest BCUT2D eigenvalue weighted by atomic mass is 10.0. The van der Waals surface area contributed by atoms with Gasteiger partial charge in [-0.1, -0.05) is 0 Å². The molecule has 1 aromatic carbocycles. The fourth-order valence-corrected chi connectivity index (χ4v) is 4.46. The maximum absolute atomic E-state index is 12.7. The Morgan fingerprint density at radius 1 is 1.22 bits per heavy atom. The van der Waals surface area contributed by atoms with Crippen LogP contribution in [0.5, 0.6) is 0 Å². The second-order valence-corrected chi connectivity index (χ2v) is 7.66. The predicted molar refractivity (Wildman–Crippen MR) is 74.9 cm³/mol. The van der Waals surface area contributed by atoms with Crippen molar-refractivity contribution in [1.82, 2.24) is 0 Å². The SMILES string of the molecule is CC1(C)CC(S(=O)c2ccc(N)cc2)C(C)(C)O1. The highest BCUT2D eigenvalue weighted by Crippen LogP contribution is 2.41. The molecule has 1 aliphatic heterocycles. The normalized spacial score (nSPS) is 27.0. The average molecular weight is 267 g/mol. The lowest BCUT2D eigenvalue weighted by molar-refractivity contribution is -0.0633. The fourth-order valence-electron chi connectivity index (χ4n) is 2.61. The molecular formula is C14H21NO2S. The van der Waals surface area contributed by atoms with E-state index in [1.807, 2.05) is 26.0 Å². The molecule has 18 heavy (non-hydrogen) atoms. The van der Waals surface area contributed by atoms with Crippen LogP contribution in [-0.2, 0) is 15.5 Å². The summed E-state index contributed by atoms with van der Waals surface area (Å²) < 4.78 is 18.6. The fraction of sp³-hybridized carbons (Fsp3) is 0.571. The monoisotopic (exact) mass is 267 g/mol. The molecular weight excluding hydrogens is 246 g/mol. The van der Waals surface area contributed by atoms with E-state index in [-0.39, 0.29) is 16.5 Å². The third-order valence-corrected chi connectivity index (χ3v) is 5.35. The Morgan fingerprint density at radius 2 is 1.78 bits per heavy atom. The second-order valence-electron chi connectivity index (χ2n) is 6.02. The summed E-state index contributed by atoms with van der Waals surface area (Å²) in [6, 6.07) is 7.27. The molecule has 0 aromatic heterocycles. The summed E-state index contributed by atoms with van der Waals surface area (Å²) >= 11 is 0. The van der Waals surface area contributed by atoms with Gasteiger partial charge >= 0.3 is 0 Å². The van der Waals surface area contributed by atoms with Crippen molar-refractivity contribution in [3.63, 3.8) is 0 Å². The molecule has 1 aromatic rings. The van der Waals surface area contributed by atoms with Crippen LogP contribution in [0.3, 0.4) is 0 Å². The van der Waals surface area contributed by atoms with E-state index in [9.17, 15) is 4.21 Å². The summed E-state index contributed by atoms with van der Waals surface area (Å²) in [5.74, 6) is 0. The molecule has 2 atom stereocenters. The molecule has 0 bridgehead atoms. The smallest absolute Gasteiger partial charge is 0.0781 e. The largest absolute Gasteiger partial charge is 0.399 e. The lowest BCUT2D eigenvalue weighted by Gasteiger charge is -2.26. The molecule has 2 unspecified atom stereocenters. The summed E-state index contributed by atoms with van der Waals surface area (Å²) in [5.41, 5.74) is 5.77. The van der Waals surface area contributed by atoms with Crippen LogP contribution in [0.2, 0.25) is 0 Å². The molecule has 1 saturated heterocycles. The van der Waals surface area contributed by atoms with Gasteiger partial charge in [0.2, 0.25) is 0 Å². The Kier molecular flexibility index (Phi) is 3.28. The van der Waals surface area contributed by atoms with Crippen LogP contribution in [0.1, 0.15) is 34.1 Å². The van der Waals surface area contributed by atoms with Gasteiger partial charge < -0.3 is 10.5 Å². The molecule has 1 heterocycles. The van der Waals surface area contributed by atoms with E-state index < -0.39 is 10.8 Å².